The SMILES string of the molecule is CCC(O)(CC)CCCSC(C)[C@H]1C(O)C[C@H]2C3=CC=C4CC(O[Si](C)(C)C(C)(C)C)CC(O[Si](C)(C)C(C)(C)C)[C@]4(C)[C@H]3CC[C@]12C. The molecule has 0 aromatic heterocycles. The molecule has 0 bridgehead atoms. The number of rotatable bonds is 12. The first-order chi connectivity index (χ1) is 21.9. The van der Waals surface area contributed by atoms with Crippen LogP contribution in [0.15, 0.2) is 23.3 Å². The van der Waals surface area contributed by atoms with Crippen molar-refractivity contribution in [2.75, 3.05) is 5.75 Å². The number of hydrogen-bond donors (Lipinski definition) is 2. The molecule has 7 heteroatoms. The van der Waals surface area contributed by atoms with E-state index in [-0.39, 0.29) is 45.1 Å². The lowest BCUT2D eigenvalue weighted by molar-refractivity contribution is -0.0438. The summed E-state index contributed by atoms with van der Waals surface area (Å²) in [5.74, 6) is 2.20. The molecule has 0 spiro atoms. The molecule has 4 aliphatic carbocycles. The summed E-state index contributed by atoms with van der Waals surface area (Å²) in [5, 5.41) is 23.3. The van der Waals surface area contributed by atoms with Gasteiger partial charge < -0.3 is 19.1 Å². The lowest BCUT2D eigenvalue weighted by Gasteiger charge is -2.59. The van der Waals surface area contributed by atoms with Gasteiger partial charge in [-0.1, -0.05) is 99.5 Å². The van der Waals surface area contributed by atoms with E-state index in [2.05, 4.69) is 115 Å². The van der Waals surface area contributed by atoms with E-state index in [1.54, 1.807) is 5.57 Å². The third-order valence-electron chi connectivity index (χ3n) is 15.2. The van der Waals surface area contributed by atoms with Crippen molar-refractivity contribution in [1.82, 2.24) is 0 Å². The standard InChI is InChI=1S/C41H76O4SSi2/c1-16-41(43,17-2)22-18-24-46-28(3)36-34(42)27-33-31-20-19-29-25-30(44-47(12,13)37(4,5)6)26-35(45-48(14,15)38(7,8)9)40(29,11)32(31)21-23-39(33,36)10/h19-20,28,30,32-36,42-43H,16-18,21-27H2,1-15H3/t28?,30?,32-,33-,34?,35?,36-,39-,40-/m0/s1. The normalized spacial score (nSPS) is 35.4. The third kappa shape index (κ3) is 7.60. The van der Waals surface area contributed by atoms with Crippen LogP contribution in [-0.2, 0) is 8.85 Å². The van der Waals surface area contributed by atoms with Gasteiger partial charge in [-0.2, -0.15) is 11.8 Å². The summed E-state index contributed by atoms with van der Waals surface area (Å²) >= 11 is 2.03. The lowest BCUT2D eigenvalue weighted by atomic mass is 9.49. The van der Waals surface area contributed by atoms with E-state index >= 15 is 0 Å². The van der Waals surface area contributed by atoms with Crippen molar-refractivity contribution >= 4 is 28.4 Å². The van der Waals surface area contributed by atoms with Gasteiger partial charge in [-0.05, 0) is 117 Å². The molecule has 4 unspecified atom stereocenters. The van der Waals surface area contributed by atoms with Crippen LogP contribution < -0.4 is 0 Å². The number of hydrogen-bond acceptors (Lipinski definition) is 5. The smallest absolute Gasteiger partial charge is 0.192 e. The largest absolute Gasteiger partial charge is 0.414 e. The molecule has 0 heterocycles. The monoisotopic (exact) mass is 721 g/mol. The van der Waals surface area contributed by atoms with Crippen LogP contribution in [-0.4, -0.2) is 61.8 Å². The average molecular weight is 721 g/mol. The van der Waals surface area contributed by atoms with E-state index < -0.39 is 22.2 Å². The number of fused-ring (bicyclic) bond motifs is 5. The summed E-state index contributed by atoms with van der Waals surface area (Å²) in [6.45, 7) is 35.4. The van der Waals surface area contributed by atoms with E-state index in [0.29, 0.717) is 17.1 Å². The first-order valence-corrected chi connectivity index (χ1v) is 26.5. The van der Waals surface area contributed by atoms with Gasteiger partial charge in [0.25, 0.3) is 0 Å². The Labute approximate surface area is 303 Å². The minimum atomic E-state index is -2.06. The van der Waals surface area contributed by atoms with Crippen LogP contribution in [0.25, 0.3) is 0 Å². The summed E-state index contributed by atoms with van der Waals surface area (Å²) in [6.07, 6.45) is 13.8. The Kier molecular flexibility index (Phi) is 12.1. The second-order valence-electron chi connectivity index (χ2n) is 20.0. The Morgan fingerprint density at radius 2 is 1.50 bits per heavy atom. The highest BCUT2D eigenvalue weighted by molar-refractivity contribution is 7.99. The molecule has 0 aliphatic heterocycles. The second-order valence-corrected chi connectivity index (χ2v) is 31.0. The Morgan fingerprint density at radius 1 is 0.917 bits per heavy atom. The van der Waals surface area contributed by atoms with Crippen molar-refractivity contribution in [2.24, 2.45) is 28.6 Å². The molecule has 3 saturated carbocycles. The molecule has 4 rings (SSSR count). The Balaban J connectivity index is 1.62. The van der Waals surface area contributed by atoms with E-state index in [4.69, 9.17) is 8.85 Å². The summed E-state index contributed by atoms with van der Waals surface area (Å²) in [6, 6.07) is 0. The maximum atomic E-state index is 11.8. The van der Waals surface area contributed by atoms with Crippen molar-refractivity contribution in [3.63, 3.8) is 0 Å². The van der Waals surface area contributed by atoms with Crippen molar-refractivity contribution in [1.29, 1.82) is 0 Å². The lowest BCUT2D eigenvalue weighted by Crippen LogP contribution is -2.58. The fourth-order valence-corrected chi connectivity index (χ4v) is 13.8. The van der Waals surface area contributed by atoms with Gasteiger partial charge in [-0.3, -0.25) is 0 Å². The maximum absolute atomic E-state index is 11.8. The Hall–Kier alpha value is 0.104. The number of allylic oxidation sites excluding steroid dienone is 3. The molecule has 3 fully saturated rings. The van der Waals surface area contributed by atoms with Gasteiger partial charge in [-0.25, -0.2) is 0 Å². The van der Waals surface area contributed by atoms with Gasteiger partial charge in [0.15, 0.2) is 16.6 Å². The van der Waals surface area contributed by atoms with Crippen molar-refractivity contribution < 1.29 is 19.1 Å². The predicted octanol–water partition coefficient (Wildman–Crippen LogP) is 11.3. The highest BCUT2D eigenvalue weighted by Crippen LogP contribution is 2.67. The molecule has 4 aliphatic rings. The van der Waals surface area contributed by atoms with Crippen molar-refractivity contribution in [3.05, 3.63) is 23.3 Å². The number of aliphatic hydroxyl groups is 2. The van der Waals surface area contributed by atoms with Crippen LogP contribution in [0.3, 0.4) is 0 Å². The molecule has 4 nitrogen and oxygen atoms in total. The number of thioether (sulfide) groups is 1. The van der Waals surface area contributed by atoms with Crippen LogP contribution in [0.1, 0.15) is 134 Å². The van der Waals surface area contributed by atoms with Crippen LogP contribution >= 0.6 is 11.8 Å². The maximum Gasteiger partial charge on any atom is 0.192 e. The average Bonchev–Trinajstić information content (AvgIpc) is 3.24. The quantitative estimate of drug-likeness (QED) is 0.155. The minimum absolute atomic E-state index is 0.0486. The summed E-state index contributed by atoms with van der Waals surface area (Å²) in [4.78, 5) is 0. The van der Waals surface area contributed by atoms with E-state index in [1.165, 1.54) is 12.0 Å². The summed E-state index contributed by atoms with van der Waals surface area (Å²) in [7, 11) is -4.00. The fraction of sp³-hybridized carbons (Fsp3) is 0.902. The molecule has 0 radical (unpaired) electrons. The molecular weight excluding hydrogens is 645 g/mol. The second kappa shape index (κ2) is 14.2. The Morgan fingerprint density at radius 3 is 2.06 bits per heavy atom. The number of aliphatic hydroxyl groups excluding tert-OH is 1. The van der Waals surface area contributed by atoms with Gasteiger partial charge in [-0.15, -0.1) is 0 Å². The molecule has 0 saturated heterocycles. The summed E-state index contributed by atoms with van der Waals surface area (Å²) < 4.78 is 14.7. The van der Waals surface area contributed by atoms with Crippen LogP contribution in [0.2, 0.25) is 36.3 Å². The van der Waals surface area contributed by atoms with Crippen molar-refractivity contribution in [2.45, 2.75) is 199 Å². The zero-order valence-electron chi connectivity index (χ0n) is 33.9. The zero-order valence-corrected chi connectivity index (χ0v) is 36.7. The summed E-state index contributed by atoms with van der Waals surface area (Å²) in [5.41, 5.74) is 2.66. The molecule has 9 atom stereocenters. The highest BCUT2D eigenvalue weighted by atomic mass is 32.2. The molecule has 0 amide bonds. The van der Waals surface area contributed by atoms with Gasteiger partial charge in [0.2, 0.25) is 0 Å². The molecule has 0 aromatic rings. The molecule has 48 heavy (non-hydrogen) atoms. The van der Waals surface area contributed by atoms with E-state index in [0.717, 1.165) is 57.1 Å². The first kappa shape index (κ1) is 40.9. The third-order valence-corrected chi connectivity index (χ3v) is 25.6. The van der Waals surface area contributed by atoms with Gasteiger partial charge in [0.05, 0.1) is 23.9 Å². The highest BCUT2D eigenvalue weighted by Gasteiger charge is 2.62. The van der Waals surface area contributed by atoms with Crippen LogP contribution in [0, 0.1) is 28.6 Å². The van der Waals surface area contributed by atoms with Crippen molar-refractivity contribution in [3.8, 4) is 0 Å². The van der Waals surface area contributed by atoms with Gasteiger partial charge in [0, 0.05) is 16.6 Å². The zero-order chi connectivity index (χ0) is 36.3. The minimum Gasteiger partial charge on any atom is -0.414 e. The fourth-order valence-electron chi connectivity index (χ4n) is 9.67. The van der Waals surface area contributed by atoms with Gasteiger partial charge >= 0.3 is 0 Å². The van der Waals surface area contributed by atoms with Crippen LogP contribution in [0.4, 0.5) is 0 Å². The molecule has 0 aromatic carbocycles. The van der Waals surface area contributed by atoms with E-state index in [1.807, 2.05) is 11.8 Å². The van der Waals surface area contributed by atoms with Gasteiger partial charge in [0.1, 0.15) is 0 Å². The molecule has 2 N–H and O–H groups in total. The molecular formula is C41H76O4SSi2. The Bertz CT molecular complexity index is 1190. The predicted molar refractivity (Wildman–Crippen MR) is 213 cm³/mol. The first-order valence-electron chi connectivity index (χ1n) is 19.7. The van der Waals surface area contributed by atoms with Crippen LogP contribution in [0.5, 0.6) is 0 Å². The van der Waals surface area contributed by atoms with E-state index in [9.17, 15) is 10.2 Å². The topological polar surface area (TPSA) is 58.9 Å². The molecule has 278 valence electrons.